The van der Waals surface area contributed by atoms with Crippen LogP contribution in [0.2, 0.25) is 5.02 Å². The minimum absolute atomic E-state index is 0.0458. The molecule has 3 rings (SSSR count). The molecule has 3 aromatic carbocycles. The number of anilines is 1. The van der Waals surface area contributed by atoms with Crippen molar-refractivity contribution >= 4 is 33.2 Å². The van der Waals surface area contributed by atoms with E-state index in [2.05, 4.69) is 10.0 Å². The topological polar surface area (TPSA) is 75.3 Å². The minimum atomic E-state index is -3.99. The molecule has 0 aliphatic heterocycles. The van der Waals surface area contributed by atoms with Crippen LogP contribution >= 0.6 is 11.6 Å². The lowest BCUT2D eigenvalue weighted by atomic mass is 10.0. The van der Waals surface area contributed by atoms with Crippen molar-refractivity contribution in [3.05, 3.63) is 94.0 Å². The molecule has 0 saturated heterocycles. The zero-order valence-corrected chi connectivity index (χ0v) is 19.2. The molecule has 0 aliphatic carbocycles. The van der Waals surface area contributed by atoms with Crippen molar-refractivity contribution in [2.75, 3.05) is 4.72 Å². The van der Waals surface area contributed by atoms with Crippen LogP contribution in [0.1, 0.15) is 46.4 Å². The van der Waals surface area contributed by atoms with Gasteiger partial charge >= 0.3 is 0 Å². The maximum absolute atomic E-state index is 13.0. The molecule has 0 bridgehead atoms. The largest absolute Gasteiger partial charge is 0.345 e. The van der Waals surface area contributed by atoms with Crippen LogP contribution in [0.25, 0.3) is 0 Å². The summed E-state index contributed by atoms with van der Waals surface area (Å²) in [6, 6.07) is 19.2. The second kappa shape index (κ2) is 9.54. The molecule has 162 valence electrons. The van der Waals surface area contributed by atoms with Crippen LogP contribution in [0.5, 0.6) is 0 Å². The molecule has 0 aliphatic rings. The van der Waals surface area contributed by atoms with Gasteiger partial charge in [-0.15, -0.1) is 0 Å². The Bertz CT molecular complexity index is 1190. The first-order valence-corrected chi connectivity index (χ1v) is 11.8. The summed E-state index contributed by atoms with van der Waals surface area (Å²) in [6.07, 6.45) is 0.697. The molecule has 0 heterocycles. The SMILES string of the molecule is CC[C@H](NC(=O)c1ccc(Cl)c(S(=O)(=O)Nc2cc(C)ccc2C)c1)c1ccccc1. The van der Waals surface area contributed by atoms with Gasteiger partial charge in [-0.1, -0.05) is 61.0 Å². The van der Waals surface area contributed by atoms with Crippen LogP contribution in [-0.2, 0) is 10.0 Å². The van der Waals surface area contributed by atoms with Gasteiger partial charge in [-0.3, -0.25) is 9.52 Å². The van der Waals surface area contributed by atoms with E-state index in [1.54, 1.807) is 6.07 Å². The van der Waals surface area contributed by atoms with Gasteiger partial charge < -0.3 is 5.32 Å². The van der Waals surface area contributed by atoms with E-state index in [0.29, 0.717) is 12.1 Å². The summed E-state index contributed by atoms with van der Waals surface area (Å²) in [5, 5.41) is 3.01. The van der Waals surface area contributed by atoms with Crippen LogP contribution in [-0.4, -0.2) is 14.3 Å². The summed E-state index contributed by atoms with van der Waals surface area (Å²) >= 11 is 6.20. The molecule has 0 aromatic heterocycles. The van der Waals surface area contributed by atoms with Gasteiger partial charge in [-0.25, -0.2) is 8.42 Å². The van der Waals surface area contributed by atoms with Gasteiger partial charge in [0.05, 0.1) is 16.8 Å². The fourth-order valence-corrected chi connectivity index (χ4v) is 4.89. The summed E-state index contributed by atoms with van der Waals surface area (Å²) in [5.41, 5.74) is 3.39. The van der Waals surface area contributed by atoms with Crippen LogP contribution in [0.3, 0.4) is 0 Å². The van der Waals surface area contributed by atoms with Gasteiger partial charge in [-0.05, 0) is 61.2 Å². The Morgan fingerprint density at radius 3 is 2.39 bits per heavy atom. The summed E-state index contributed by atoms with van der Waals surface area (Å²) < 4.78 is 28.7. The number of hydrogen-bond acceptors (Lipinski definition) is 3. The standard InChI is InChI=1S/C24H25ClN2O3S/c1-4-21(18-8-6-5-7-9-18)26-24(28)19-12-13-20(25)23(15-19)31(29,30)27-22-14-16(2)10-11-17(22)3/h5-15,21,27H,4H2,1-3H3,(H,26,28)/t21-/m0/s1. The van der Waals surface area contributed by atoms with E-state index in [0.717, 1.165) is 16.7 Å². The molecular weight excluding hydrogens is 432 g/mol. The van der Waals surface area contributed by atoms with Crippen molar-refractivity contribution in [3.8, 4) is 0 Å². The molecular formula is C24H25ClN2O3S. The molecule has 0 unspecified atom stereocenters. The summed E-state index contributed by atoms with van der Waals surface area (Å²) in [6.45, 7) is 5.67. The Labute approximate surface area is 188 Å². The monoisotopic (exact) mass is 456 g/mol. The Hall–Kier alpha value is -2.83. The molecule has 0 radical (unpaired) electrons. The maximum Gasteiger partial charge on any atom is 0.263 e. The second-order valence-corrected chi connectivity index (χ2v) is 9.47. The van der Waals surface area contributed by atoms with E-state index >= 15 is 0 Å². The van der Waals surface area contributed by atoms with Crippen molar-refractivity contribution in [1.82, 2.24) is 5.32 Å². The number of rotatable bonds is 7. The van der Waals surface area contributed by atoms with E-state index in [9.17, 15) is 13.2 Å². The van der Waals surface area contributed by atoms with Gasteiger partial charge in [0.1, 0.15) is 4.90 Å². The zero-order valence-electron chi connectivity index (χ0n) is 17.6. The summed E-state index contributed by atoms with van der Waals surface area (Å²) in [7, 11) is -3.99. The molecule has 0 spiro atoms. The molecule has 7 heteroatoms. The van der Waals surface area contributed by atoms with Gasteiger partial charge in [0, 0.05) is 5.56 Å². The average molecular weight is 457 g/mol. The Balaban J connectivity index is 1.88. The molecule has 2 N–H and O–H groups in total. The summed E-state index contributed by atoms with van der Waals surface area (Å²) in [4.78, 5) is 12.7. The van der Waals surface area contributed by atoms with Crippen molar-refractivity contribution in [2.45, 2.75) is 38.1 Å². The lowest BCUT2D eigenvalue weighted by Gasteiger charge is -2.18. The lowest BCUT2D eigenvalue weighted by Crippen LogP contribution is -2.28. The predicted octanol–water partition coefficient (Wildman–Crippen LogP) is 5.64. The van der Waals surface area contributed by atoms with Crippen molar-refractivity contribution in [2.24, 2.45) is 0 Å². The first-order valence-electron chi connectivity index (χ1n) is 9.96. The molecule has 5 nitrogen and oxygen atoms in total. The third kappa shape index (κ3) is 5.46. The van der Waals surface area contributed by atoms with Crippen molar-refractivity contribution < 1.29 is 13.2 Å². The van der Waals surface area contributed by atoms with Crippen LogP contribution in [0.4, 0.5) is 5.69 Å². The molecule has 31 heavy (non-hydrogen) atoms. The highest BCUT2D eigenvalue weighted by atomic mass is 35.5. The van der Waals surface area contributed by atoms with Crippen molar-refractivity contribution in [1.29, 1.82) is 0 Å². The zero-order chi connectivity index (χ0) is 22.6. The number of halogens is 1. The third-order valence-electron chi connectivity index (χ3n) is 5.04. The van der Waals surface area contributed by atoms with Gasteiger partial charge in [0.15, 0.2) is 0 Å². The molecule has 1 amide bonds. The Kier molecular flexibility index (Phi) is 7.03. The molecule has 3 aromatic rings. The number of carbonyl (C=O) groups excluding carboxylic acids is 1. The van der Waals surface area contributed by atoms with E-state index in [-0.39, 0.29) is 27.4 Å². The maximum atomic E-state index is 13.0. The number of benzene rings is 3. The second-order valence-electron chi connectivity index (χ2n) is 7.41. The highest BCUT2D eigenvalue weighted by molar-refractivity contribution is 7.92. The smallest absolute Gasteiger partial charge is 0.263 e. The molecule has 1 atom stereocenters. The number of hydrogen-bond donors (Lipinski definition) is 2. The number of carbonyl (C=O) groups is 1. The van der Waals surface area contributed by atoms with E-state index in [1.807, 2.05) is 63.2 Å². The van der Waals surface area contributed by atoms with Crippen LogP contribution in [0, 0.1) is 13.8 Å². The normalized spacial score (nSPS) is 12.3. The van der Waals surface area contributed by atoms with Crippen LogP contribution in [0.15, 0.2) is 71.6 Å². The quantitative estimate of drug-likeness (QED) is 0.483. The van der Waals surface area contributed by atoms with Crippen molar-refractivity contribution in [3.63, 3.8) is 0 Å². The van der Waals surface area contributed by atoms with Crippen LogP contribution < -0.4 is 10.0 Å². The average Bonchev–Trinajstić information content (AvgIpc) is 2.75. The Morgan fingerprint density at radius 1 is 1.00 bits per heavy atom. The summed E-state index contributed by atoms with van der Waals surface area (Å²) in [5.74, 6) is -0.365. The minimum Gasteiger partial charge on any atom is -0.345 e. The number of aryl methyl sites for hydroxylation is 2. The molecule has 0 fully saturated rings. The van der Waals surface area contributed by atoms with Gasteiger partial charge in [0.25, 0.3) is 15.9 Å². The van der Waals surface area contributed by atoms with Gasteiger partial charge in [0.2, 0.25) is 0 Å². The fraction of sp³-hybridized carbons (Fsp3) is 0.208. The highest BCUT2D eigenvalue weighted by Gasteiger charge is 2.22. The van der Waals surface area contributed by atoms with E-state index < -0.39 is 10.0 Å². The first kappa shape index (κ1) is 22.8. The third-order valence-corrected chi connectivity index (χ3v) is 6.88. The predicted molar refractivity (Wildman–Crippen MR) is 125 cm³/mol. The highest BCUT2D eigenvalue weighted by Crippen LogP contribution is 2.27. The van der Waals surface area contributed by atoms with Gasteiger partial charge in [-0.2, -0.15) is 0 Å². The lowest BCUT2D eigenvalue weighted by molar-refractivity contribution is 0.0935. The first-order chi connectivity index (χ1) is 14.7. The fourth-order valence-electron chi connectivity index (χ4n) is 3.24. The number of nitrogens with one attached hydrogen (secondary N) is 2. The molecule has 0 saturated carbocycles. The van der Waals surface area contributed by atoms with E-state index in [4.69, 9.17) is 11.6 Å². The number of amides is 1. The Morgan fingerprint density at radius 2 is 1.71 bits per heavy atom. The number of sulfonamides is 1. The van der Waals surface area contributed by atoms with E-state index in [1.165, 1.54) is 18.2 Å².